The van der Waals surface area contributed by atoms with Crippen LogP contribution in [0.1, 0.15) is 19.4 Å². The number of aliphatic imine (C=N–C) groups is 1. The van der Waals surface area contributed by atoms with Crippen molar-refractivity contribution in [1.29, 1.82) is 0 Å². The largest absolute Gasteiger partial charge is 0.361 e. The van der Waals surface area contributed by atoms with E-state index in [1.807, 2.05) is 24.0 Å². The molecule has 0 bridgehead atoms. The molecule has 1 aliphatic heterocycles. The van der Waals surface area contributed by atoms with Crippen LogP contribution in [-0.4, -0.2) is 22.4 Å². The lowest BCUT2D eigenvalue weighted by Gasteiger charge is -2.27. The first kappa shape index (κ1) is 11.5. The lowest BCUT2D eigenvalue weighted by atomic mass is 9.97. The van der Waals surface area contributed by atoms with Crippen LogP contribution >= 0.6 is 11.8 Å². The van der Waals surface area contributed by atoms with E-state index >= 15 is 0 Å². The highest BCUT2D eigenvalue weighted by molar-refractivity contribution is 8.13. The minimum Gasteiger partial charge on any atom is -0.361 e. The molecule has 0 aromatic carbocycles. The Hall–Kier alpha value is -1.03. The van der Waals surface area contributed by atoms with Gasteiger partial charge in [0.1, 0.15) is 0 Å². The summed E-state index contributed by atoms with van der Waals surface area (Å²) in [7, 11) is 0. The van der Waals surface area contributed by atoms with Gasteiger partial charge >= 0.3 is 0 Å². The van der Waals surface area contributed by atoms with Gasteiger partial charge in [-0.25, -0.2) is 0 Å². The quantitative estimate of drug-likeness (QED) is 0.854. The molecule has 0 saturated heterocycles. The fourth-order valence-corrected chi connectivity index (χ4v) is 2.38. The van der Waals surface area contributed by atoms with Crippen LogP contribution in [0.15, 0.2) is 29.5 Å². The zero-order valence-electron chi connectivity index (χ0n) is 9.73. The molecule has 4 heteroatoms. The Bertz CT molecular complexity index is 373. The lowest BCUT2D eigenvalue weighted by molar-refractivity contribution is 0.436. The Morgan fingerprint density at radius 1 is 1.50 bits per heavy atom. The standard InChI is InChI=1S/C12H17N3S/c1-12(2)8-15-11(16-9-12)14-7-10-4-3-5-13-6-10/h3-6H,7-9H2,1-2H3,(H,14,15). The van der Waals surface area contributed by atoms with E-state index in [0.29, 0.717) is 5.41 Å². The molecule has 0 aliphatic carbocycles. The van der Waals surface area contributed by atoms with E-state index in [2.05, 4.69) is 35.2 Å². The molecule has 0 saturated carbocycles. The van der Waals surface area contributed by atoms with Crippen molar-refractivity contribution in [2.45, 2.75) is 20.4 Å². The van der Waals surface area contributed by atoms with Crippen molar-refractivity contribution in [3.8, 4) is 0 Å². The molecule has 86 valence electrons. The van der Waals surface area contributed by atoms with Gasteiger partial charge in [-0.05, 0) is 17.0 Å². The third-order valence-corrected chi connectivity index (χ3v) is 3.89. The van der Waals surface area contributed by atoms with Crippen LogP contribution in [0.5, 0.6) is 0 Å². The minimum absolute atomic E-state index is 0.337. The van der Waals surface area contributed by atoms with Gasteiger partial charge in [0, 0.05) is 31.2 Å². The summed E-state index contributed by atoms with van der Waals surface area (Å²) in [6.45, 7) is 6.22. The Morgan fingerprint density at radius 3 is 3.00 bits per heavy atom. The molecule has 0 unspecified atom stereocenters. The van der Waals surface area contributed by atoms with Crippen LogP contribution in [0, 0.1) is 5.41 Å². The summed E-state index contributed by atoms with van der Waals surface area (Å²) in [4.78, 5) is 8.63. The molecular formula is C12H17N3S. The normalized spacial score (nSPS) is 19.0. The Labute approximate surface area is 101 Å². The zero-order chi connectivity index (χ0) is 11.4. The Balaban J connectivity index is 1.86. The minimum atomic E-state index is 0.337. The summed E-state index contributed by atoms with van der Waals surface area (Å²) in [5.41, 5.74) is 1.53. The summed E-state index contributed by atoms with van der Waals surface area (Å²) in [6.07, 6.45) is 3.67. The number of aromatic nitrogens is 1. The van der Waals surface area contributed by atoms with Crippen molar-refractivity contribution < 1.29 is 0 Å². The van der Waals surface area contributed by atoms with E-state index in [-0.39, 0.29) is 0 Å². The second-order valence-corrected chi connectivity index (χ2v) is 5.75. The van der Waals surface area contributed by atoms with Gasteiger partial charge in [-0.2, -0.15) is 0 Å². The number of rotatable bonds is 2. The number of amidine groups is 1. The molecule has 1 aromatic heterocycles. The average molecular weight is 235 g/mol. The van der Waals surface area contributed by atoms with Crippen LogP contribution in [0.25, 0.3) is 0 Å². The first-order valence-corrected chi connectivity index (χ1v) is 6.44. The number of nitrogens with one attached hydrogen (secondary N) is 1. The summed E-state index contributed by atoms with van der Waals surface area (Å²) >= 11 is 1.81. The average Bonchev–Trinajstić information content (AvgIpc) is 2.29. The maximum absolute atomic E-state index is 4.55. The van der Waals surface area contributed by atoms with Crippen molar-refractivity contribution in [2.24, 2.45) is 10.4 Å². The monoisotopic (exact) mass is 235 g/mol. The highest BCUT2D eigenvalue weighted by atomic mass is 32.2. The third-order valence-electron chi connectivity index (χ3n) is 2.42. The molecule has 0 atom stereocenters. The first-order chi connectivity index (χ1) is 7.66. The van der Waals surface area contributed by atoms with E-state index in [1.54, 1.807) is 6.20 Å². The van der Waals surface area contributed by atoms with Gasteiger partial charge in [0.25, 0.3) is 0 Å². The molecule has 1 N–H and O–H groups in total. The molecule has 2 rings (SSSR count). The second kappa shape index (κ2) is 4.87. The van der Waals surface area contributed by atoms with Gasteiger partial charge in [0.05, 0.1) is 0 Å². The zero-order valence-corrected chi connectivity index (χ0v) is 10.5. The van der Waals surface area contributed by atoms with E-state index in [9.17, 15) is 0 Å². The van der Waals surface area contributed by atoms with Crippen LogP contribution in [-0.2, 0) is 6.54 Å². The summed E-state index contributed by atoms with van der Waals surface area (Å²) in [5.74, 6) is 1.13. The molecule has 1 aliphatic rings. The van der Waals surface area contributed by atoms with E-state index in [4.69, 9.17) is 0 Å². The molecule has 16 heavy (non-hydrogen) atoms. The van der Waals surface area contributed by atoms with Crippen LogP contribution in [0.4, 0.5) is 0 Å². The van der Waals surface area contributed by atoms with Gasteiger partial charge < -0.3 is 5.32 Å². The number of pyridine rings is 1. The first-order valence-electron chi connectivity index (χ1n) is 5.46. The van der Waals surface area contributed by atoms with Crippen molar-refractivity contribution in [2.75, 3.05) is 12.3 Å². The maximum atomic E-state index is 4.55. The summed E-state index contributed by atoms with van der Waals surface area (Å²) < 4.78 is 0. The van der Waals surface area contributed by atoms with Crippen molar-refractivity contribution in [3.63, 3.8) is 0 Å². The molecule has 1 aromatic rings. The summed E-state index contributed by atoms with van der Waals surface area (Å²) in [6, 6.07) is 4.02. The number of thioether (sulfide) groups is 1. The van der Waals surface area contributed by atoms with Crippen LogP contribution < -0.4 is 5.32 Å². The van der Waals surface area contributed by atoms with E-state index in [1.165, 1.54) is 5.56 Å². The molecule has 0 spiro atoms. The fraction of sp³-hybridized carbons (Fsp3) is 0.500. The van der Waals surface area contributed by atoms with E-state index < -0.39 is 0 Å². The Morgan fingerprint density at radius 2 is 2.38 bits per heavy atom. The number of nitrogens with zero attached hydrogens (tertiary/aromatic N) is 2. The van der Waals surface area contributed by atoms with Crippen LogP contribution in [0.3, 0.4) is 0 Å². The number of hydrogen-bond acceptors (Lipinski definition) is 4. The SMILES string of the molecule is CC1(C)CN=C(NCc2cccnc2)SC1. The smallest absolute Gasteiger partial charge is 0.156 e. The summed E-state index contributed by atoms with van der Waals surface area (Å²) in [5, 5.41) is 4.41. The lowest BCUT2D eigenvalue weighted by Crippen LogP contribution is -2.30. The maximum Gasteiger partial charge on any atom is 0.156 e. The van der Waals surface area contributed by atoms with Crippen molar-refractivity contribution >= 4 is 16.9 Å². The van der Waals surface area contributed by atoms with Gasteiger partial charge in [0.15, 0.2) is 5.17 Å². The topological polar surface area (TPSA) is 37.3 Å². The van der Waals surface area contributed by atoms with Gasteiger partial charge in [-0.3, -0.25) is 9.98 Å². The van der Waals surface area contributed by atoms with Gasteiger partial charge in [-0.15, -0.1) is 0 Å². The Kier molecular flexibility index (Phi) is 3.49. The molecule has 3 nitrogen and oxygen atoms in total. The van der Waals surface area contributed by atoms with Crippen molar-refractivity contribution in [3.05, 3.63) is 30.1 Å². The molecular weight excluding hydrogens is 218 g/mol. The predicted molar refractivity (Wildman–Crippen MR) is 69.6 cm³/mol. The van der Waals surface area contributed by atoms with Crippen molar-refractivity contribution in [1.82, 2.24) is 10.3 Å². The number of hydrogen-bond donors (Lipinski definition) is 1. The third kappa shape index (κ3) is 3.23. The molecule has 0 amide bonds. The van der Waals surface area contributed by atoms with E-state index in [0.717, 1.165) is 24.0 Å². The van der Waals surface area contributed by atoms with Crippen LogP contribution in [0.2, 0.25) is 0 Å². The molecule has 0 radical (unpaired) electrons. The molecule has 0 fully saturated rings. The van der Waals surface area contributed by atoms with Gasteiger partial charge in [0.2, 0.25) is 0 Å². The highest BCUT2D eigenvalue weighted by Gasteiger charge is 2.22. The predicted octanol–water partition coefficient (Wildman–Crippen LogP) is 2.30. The second-order valence-electron chi connectivity index (χ2n) is 4.79. The fourth-order valence-electron chi connectivity index (χ4n) is 1.43. The van der Waals surface area contributed by atoms with Gasteiger partial charge in [-0.1, -0.05) is 31.7 Å². The molecule has 2 heterocycles. The highest BCUT2D eigenvalue weighted by Crippen LogP contribution is 2.26.